The summed E-state index contributed by atoms with van der Waals surface area (Å²) in [5.41, 5.74) is 2.48. The number of carbonyl (C=O) groups excluding carboxylic acids is 1. The molecule has 0 spiro atoms. The van der Waals surface area contributed by atoms with Crippen molar-refractivity contribution < 1.29 is 19.0 Å². The predicted molar refractivity (Wildman–Crippen MR) is 97.7 cm³/mol. The molecular formula is C20H25NO4. The molecule has 0 atom stereocenters. The van der Waals surface area contributed by atoms with E-state index in [9.17, 15) is 4.79 Å². The molecule has 2 rings (SSSR count). The maximum absolute atomic E-state index is 12.3. The van der Waals surface area contributed by atoms with E-state index in [1.165, 1.54) is 0 Å². The van der Waals surface area contributed by atoms with E-state index < -0.39 is 0 Å². The Morgan fingerprint density at radius 3 is 2.28 bits per heavy atom. The molecule has 0 aromatic heterocycles. The first kappa shape index (κ1) is 18.6. The highest BCUT2D eigenvalue weighted by Crippen LogP contribution is 2.28. The van der Waals surface area contributed by atoms with E-state index in [4.69, 9.17) is 14.2 Å². The standard InChI is InChI=1S/C20H25NO4/c1-5-24-18-9-7-15(12-19(18)25-6-2)13-21-20(22)16-8-10-17(23-4)14(3)11-16/h7-12H,5-6,13H2,1-4H3,(H,21,22). The largest absolute Gasteiger partial charge is 0.496 e. The quantitative estimate of drug-likeness (QED) is 0.793. The Morgan fingerprint density at radius 2 is 1.64 bits per heavy atom. The molecule has 0 fully saturated rings. The molecule has 0 aliphatic carbocycles. The normalized spacial score (nSPS) is 10.2. The number of ether oxygens (including phenoxy) is 3. The van der Waals surface area contributed by atoms with E-state index in [0.29, 0.717) is 36.8 Å². The van der Waals surface area contributed by atoms with Crippen molar-refractivity contribution in [1.29, 1.82) is 0 Å². The van der Waals surface area contributed by atoms with E-state index in [-0.39, 0.29) is 5.91 Å². The number of amides is 1. The van der Waals surface area contributed by atoms with Gasteiger partial charge in [-0.1, -0.05) is 6.07 Å². The smallest absolute Gasteiger partial charge is 0.251 e. The number of rotatable bonds is 8. The molecule has 5 heteroatoms. The number of hydrogen-bond acceptors (Lipinski definition) is 4. The van der Waals surface area contributed by atoms with Crippen molar-refractivity contribution in [3.8, 4) is 17.2 Å². The zero-order valence-electron chi connectivity index (χ0n) is 15.2. The van der Waals surface area contributed by atoms with Gasteiger partial charge in [0.25, 0.3) is 5.91 Å². The minimum absolute atomic E-state index is 0.127. The van der Waals surface area contributed by atoms with Gasteiger partial charge in [-0.3, -0.25) is 4.79 Å². The van der Waals surface area contributed by atoms with Crippen molar-refractivity contribution in [2.75, 3.05) is 20.3 Å². The first-order valence-corrected chi connectivity index (χ1v) is 8.40. The second kappa shape index (κ2) is 8.97. The third-order valence-corrected chi connectivity index (χ3v) is 3.72. The molecule has 0 heterocycles. The zero-order chi connectivity index (χ0) is 18.2. The van der Waals surface area contributed by atoms with Gasteiger partial charge in [0.05, 0.1) is 20.3 Å². The molecule has 2 aromatic rings. The Hall–Kier alpha value is -2.69. The number of carbonyl (C=O) groups is 1. The van der Waals surface area contributed by atoms with Crippen LogP contribution < -0.4 is 19.5 Å². The van der Waals surface area contributed by atoms with Gasteiger partial charge in [-0.15, -0.1) is 0 Å². The van der Waals surface area contributed by atoms with Crippen LogP contribution >= 0.6 is 0 Å². The van der Waals surface area contributed by atoms with Gasteiger partial charge in [0, 0.05) is 12.1 Å². The van der Waals surface area contributed by atoms with Crippen LogP contribution in [-0.4, -0.2) is 26.2 Å². The molecule has 0 radical (unpaired) electrons. The zero-order valence-corrected chi connectivity index (χ0v) is 15.2. The van der Waals surface area contributed by atoms with Crippen molar-refractivity contribution in [1.82, 2.24) is 5.32 Å². The summed E-state index contributed by atoms with van der Waals surface area (Å²) in [5.74, 6) is 2.05. The fourth-order valence-corrected chi connectivity index (χ4v) is 2.51. The van der Waals surface area contributed by atoms with E-state index in [0.717, 1.165) is 16.9 Å². The van der Waals surface area contributed by atoms with Crippen LogP contribution in [0.5, 0.6) is 17.2 Å². The second-order valence-electron chi connectivity index (χ2n) is 5.51. The molecule has 1 N–H and O–H groups in total. The first-order valence-electron chi connectivity index (χ1n) is 8.40. The van der Waals surface area contributed by atoms with Crippen molar-refractivity contribution in [3.05, 3.63) is 53.1 Å². The molecule has 5 nitrogen and oxygen atoms in total. The molecule has 0 saturated heterocycles. The number of benzene rings is 2. The van der Waals surface area contributed by atoms with Gasteiger partial charge in [0.15, 0.2) is 11.5 Å². The van der Waals surface area contributed by atoms with Crippen molar-refractivity contribution in [2.24, 2.45) is 0 Å². The fraction of sp³-hybridized carbons (Fsp3) is 0.350. The minimum Gasteiger partial charge on any atom is -0.496 e. The Balaban J connectivity index is 2.06. The molecule has 0 saturated carbocycles. The molecule has 0 unspecified atom stereocenters. The van der Waals surface area contributed by atoms with Gasteiger partial charge in [0.1, 0.15) is 5.75 Å². The van der Waals surface area contributed by atoms with E-state index in [1.54, 1.807) is 19.2 Å². The number of nitrogens with one attached hydrogen (secondary N) is 1. The Kier molecular flexibility index (Phi) is 6.69. The summed E-state index contributed by atoms with van der Waals surface area (Å²) in [6.45, 7) is 7.32. The van der Waals surface area contributed by atoms with Crippen molar-refractivity contribution >= 4 is 5.91 Å². The summed E-state index contributed by atoms with van der Waals surface area (Å²) in [7, 11) is 1.62. The van der Waals surface area contributed by atoms with E-state index in [1.807, 2.05) is 45.0 Å². The summed E-state index contributed by atoms with van der Waals surface area (Å²) < 4.78 is 16.4. The molecule has 1 amide bonds. The Labute approximate surface area is 148 Å². The van der Waals surface area contributed by atoms with Crippen LogP contribution in [0, 0.1) is 6.92 Å². The van der Waals surface area contributed by atoms with Crippen LogP contribution in [0.4, 0.5) is 0 Å². The molecule has 0 bridgehead atoms. The van der Waals surface area contributed by atoms with Crippen LogP contribution in [0.1, 0.15) is 35.3 Å². The number of hydrogen-bond donors (Lipinski definition) is 1. The Bertz CT molecular complexity index is 728. The first-order chi connectivity index (χ1) is 12.1. The lowest BCUT2D eigenvalue weighted by Gasteiger charge is -2.13. The van der Waals surface area contributed by atoms with Crippen LogP contribution in [0.25, 0.3) is 0 Å². The van der Waals surface area contributed by atoms with Gasteiger partial charge in [-0.25, -0.2) is 0 Å². The lowest BCUT2D eigenvalue weighted by Crippen LogP contribution is -2.22. The summed E-state index contributed by atoms with van der Waals surface area (Å²) in [6.07, 6.45) is 0. The van der Waals surface area contributed by atoms with Crippen LogP contribution in [-0.2, 0) is 6.54 Å². The van der Waals surface area contributed by atoms with Crippen LogP contribution in [0.15, 0.2) is 36.4 Å². The highest BCUT2D eigenvalue weighted by Gasteiger charge is 2.10. The molecular weight excluding hydrogens is 318 g/mol. The van der Waals surface area contributed by atoms with E-state index in [2.05, 4.69) is 5.32 Å². The lowest BCUT2D eigenvalue weighted by atomic mass is 10.1. The maximum Gasteiger partial charge on any atom is 0.251 e. The average Bonchev–Trinajstić information content (AvgIpc) is 2.62. The topological polar surface area (TPSA) is 56.8 Å². The highest BCUT2D eigenvalue weighted by atomic mass is 16.5. The molecule has 0 aliphatic rings. The monoisotopic (exact) mass is 343 g/mol. The van der Waals surface area contributed by atoms with Crippen molar-refractivity contribution in [3.63, 3.8) is 0 Å². The van der Waals surface area contributed by atoms with Crippen LogP contribution in [0.2, 0.25) is 0 Å². The molecule has 25 heavy (non-hydrogen) atoms. The van der Waals surface area contributed by atoms with Crippen LogP contribution in [0.3, 0.4) is 0 Å². The van der Waals surface area contributed by atoms with Crippen molar-refractivity contribution in [2.45, 2.75) is 27.3 Å². The number of aryl methyl sites for hydroxylation is 1. The lowest BCUT2D eigenvalue weighted by molar-refractivity contribution is 0.0950. The SMILES string of the molecule is CCOc1ccc(CNC(=O)c2ccc(OC)c(C)c2)cc1OCC. The summed E-state index contributed by atoms with van der Waals surface area (Å²) in [4.78, 5) is 12.3. The highest BCUT2D eigenvalue weighted by molar-refractivity contribution is 5.94. The maximum atomic E-state index is 12.3. The summed E-state index contributed by atoms with van der Waals surface area (Å²) >= 11 is 0. The fourth-order valence-electron chi connectivity index (χ4n) is 2.51. The predicted octanol–water partition coefficient (Wildman–Crippen LogP) is 3.73. The summed E-state index contributed by atoms with van der Waals surface area (Å²) in [5, 5.41) is 2.92. The van der Waals surface area contributed by atoms with Gasteiger partial charge in [-0.2, -0.15) is 0 Å². The summed E-state index contributed by atoms with van der Waals surface area (Å²) in [6, 6.07) is 11.1. The molecule has 2 aromatic carbocycles. The van der Waals surface area contributed by atoms with Gasteiger partial charge < -0.3 is 19.5 Å². The third-order valence-electron chi connectivity index (χ3n) is 3.72. The third kappa shape index (κ3) is 4.89. The average molecular weight is 343 g/mol. The Morgan fingerprint density at radius 1 is 0.960 bits per heavy atom. The van der Waals surface area contributed by atoms with Gasteiger partial charge in [0.2, 0.25) is 0 Å². The molecule has 0 aliphatic heterocycles. The molecule has 134 valence electrons. The minimum atomic E-state index is -0.127. The van der Waals surface area contributed by atoms with Gasteiger partial charge in [-0.05, 0) is 62.2 Å². The second-order valence-corrected chi connectivity index (χ2v) is 5.51. The number of methoxy groups -OCH3 is 1. The van der Waals surface area contributed by atoms with E-state index >= 15 is 0 Å². The van der Waals surface area contributed by atoms with Gasteiger partial charge >= 0.3 is 0 Å².